The molecule has 1 aliphatic heterocycles. The van der Waals surface area contributed by atoms with E-state index in [0.717, 1.165) is 6.07 Å². The number of nitro benzene ring substituents is 1. The van der Waals surface area contributed by atoms with E-state index in [1.165, 1.54) is 12.1 Å². The van der Waals surface area contributed by atoms with Crippen molar-refractivity contribution in [2.24, 2.45) is 17.4 Å². The lowest BCUT2D eigenvalue weighted by Crippen LogP contribution is -2.57. The summed E-state index contributed by atoms with van der Waals surface area (Å²) >= 11 is 0. The number of unbranched alkanes of at least 4 members (excludes halogenated alkanes) is 1. The molecular formula is C23H34N6O7. The predicted molar refractivity (Wildman–Crippen MR) is 130 cm³/mol. The van der Waals surface area contributed by atoms with Crippen molar-refractivity contribution in [3.05, 3.63) is 33.9 Å². The molecule has 7 N–H and O–H groups in total. The number of hydrogen-bond acceptors (Lipinski definition) is 8. The SMILES string of the molecule is CC[C@@H](C)[C@@H]1NC(=O)c2cc([N+](=O)[O-])ccc2OCC[C@@H](C(N)=O)NC(=O)[C@H](CCCCN)NC1=O. The van der Waals surface area contributed by atoms with Crippen molar-refractivity contribution in [3.8, 4) is 5.75 Å². The third kappa shape index (κ3) is 7.63. The van der Waals surface area contributed by atoms with Gasteiger partial charge in [0.1, 0.15) is 23.9 Å². The first-order valence-corrected chi connectivity index (χ1v) is 11.9. The Balaban J connectivity index is 2.50. The summed E-state index contributed by atoms with van der Waals surface area (Å²) in [5.74, 6) is -3.06. The van der Waals surface area contributed by atoms with Crippen LogP contribution < -0.4 is 32.2 Å². The molecule has 2 rings (SSSR count). The van der Waals surface area contributed by atoms with Gasteiger partial charge in [-0.3, -0.25) is 29.3 Å². The first-order valence-electron chi connectivity index (χ1n) is 11.9. The van der Waals surface area contributed by atoms with E-state index in [9.17, 15) is 29.3 Å². The van der Waals surface area contributed by atoms with E-state index in [2.05, 4.69) is 16.0 Å². The van der Waals surface area contributed by atoms with Gasteiger partial charge in [-0.15, -0.1) is 0 Å². The van der Waals surface area contributed by atoms with Crippen LogP contribution in [-0.2, 0) is 14.4 Å². The maximum Gasteiger partial charge on any atom is 0.270 e. The quantitative estimate of drug-likeness (QED) is 0.185. The van der Waals surface area contributed by atoms with Crippen molar-refractivity contribution in [2.75, 3.05) is 13.2 Å². The Morgan fingerprint density at radius 2 is 1.92 bits per heavy atom. The number of carbonyl (C=O) groups is 4. The second-order valence-electron chi connectivity index (χ2n) is 8.72. The minimum Gasteiger partial charge on any atom is -0.493 e. The smallest absolute Gasteiger partial charge is 0.270 e. The molecule has 0 bridgehead atoms. The van der Waals surface area contributed by atoms with Crippen LogP contribution in [0.15, 0.2) is 18.2 Å². The number of rotatable bonds is 8. The minimum absolute atomic E-state index is 0.0210. The van der Waals surface area contributed by atoms with Crippen molar-refractivity contribution in [3.63, 3.8) is 0 Å². The zero-order valence-electron chi connectivity index (χ0n) is 20.5. The van der Waals surface area contributed by atoms with E-state index in [4.69, 9.17) is 16.2 Å². The molecule has 0 aromatic heterocycles. The average molecular weight is 507 g/mol. The number of fused-ring (bicyclic) bond motifs is 1. The summed E-state index contributed by atoms with van der Waals surface area (Å²) in [7, 11) is 0. The van der Waals surface area contributed by atoms with Crippen molar-refractivity contribution < 1.29 is 28.8 Å². The van der Waals surface area contributed by atoms with Crippen LogP contribution in [0.1, 0.15) is 56.3 Å². The number of nitrogens with zero attached hydrogens (tertiary/aromatic N) is 1. The normalized spacial score (nSPS) is 22.1. The molecule has 13 heteroatoms. The Labute approximate surface area is 208 Å². The summed E-state index contributed by atoms with van der Waals surface area (Å²) in [4.78, 5) is 62.1. The Morgan fingerprint density at radius 3 is 2.53 bits per heavy atom. The number of carbonyl (C=O) groups excluding carboxylic acids is 4. The van der Waals surface area contributed by atoms with Crippen LogP contribution in [0, 0.1) is 16.0 Å². The number of hydrogen-bond donors (Lipinski definition) is 5. The van der Waals surface area contributed by atoms with E-state index >= 15 is 0 Å². The second kappa shape index (κ2) is 13.4. The van der Waals surface area contributed by atoms with E-state index in [1.807, 2.05) is 6.92 Å². The Bertz CT molecular complexity index is 986. The Morgan fingerprint density at radius 1 is 1.19 bits per heavy atom. The number of nitrogens with one attached hydrogen (secondary N) is 3. The molecule has 1 aromatic carbocycles. The number of nitro groups is 1. The first kappa shape index (κ1) is 28.5. The summed E-state index contributed by atoms with van der Waals surface area (Å²) in [6, 6.07) is 0.358. The van der Waals surface area contributed by atoms with Gasteiger partial charge >= 0.3 is 0 Å². The molecule has 198 valence electrons. The standard InChI is InChI=1S/C23H34N6O7/c1-3-13(2)19-23(33)27-17(6-4-5-10-24)22(32)26-16(20(25)30)9-11-36-18-8-7-14(29(34)35)12-15(18)21(31)28-19/h7-8,12-13,16-17,19H,3-6,9-11,24H2,1-2H3,(H2,25,30)(H,26,32)(H,27,33)(H,28,31)/t13-,16+,17+,19+/m1/s1. The molecule has 1 aromatic rings. The first-order chi connectivity index (χ1) is 17.1. The van der Waals surface area contributed by atoms with Gasteiger partial charge < -0.3 is 32.2 Å². The molecule has 0 spiro atoms. The lowest BCUT2D eigenvalue weighted by molar-refractivity contribution is -0.384. The molecule has 1 aliphatic rings. The van der Waals surface area contributed by atoms with Crippen LogP contribution in [0.2, 0.25) is 0 Å². The summed E-state index contributed by atoms with van der Waals surface area (Å²) in [5.41, 5.74) is 10.5. The highest BCUT2D eigenvalue weighted by atomic mass is 16.6. The van der Waals surface area contributed by atoms with Gasteiger partial charge in [-0.25, -0.2) is 0 Å². The second-order valence-corrected chi connectivity index (χ2v) is 8.72. The largest absolute Gasteiger partial charge is 0.493 e. The highest BCUT2D eigenvalue weighted by Crippen LogP contribution is 2.25. The Kier molecular flexibility index (Phi) is 10.6. The summed E-state index contributed by atoms with van der Waals surface area (Å²) in [5, 5.41) is 19.2. The van der Waals surface area contributed by atoms with Crippen LogP contribution in [0.25, 0.3) is 0 Å². The number of nitrogens with two attached hydrogens (primary N) is 2. The zero-order chi connectivity index (χ0) is 26.8. The van der Waals surface area contributed by atoms with Crippen LogP contribution >= 0.6 is 0 Å². The van der Waals surface area contributed by atoms with Crippen molar-refractivity contribution in [1.29, 1.82) is 0 Å². The summed E-state index contributed by atoms with van der Waals surface area (Å²) < 4.78 is 5.65. The van der Waals surface area contributed by atoms with E-state index < -0.39 is 46.7 Å². The van der Waals surface area contributed by atoms with Crippen LogP contribution in [0.5, 0.6) is 5.75 Å². The molecule has 0 fully saturated rings. The van der Waals surface area contributed by atoms with Gasteiger partial charge in [0.05, 0.1) is 17.1 Å². The molecule has 36 heavy (non-hydrogen) atoms. The minimum atomic E-state index is -1.10. The van der Waals surface area contributed by atoms with Crippen LogP contribution in [0.3, 0.4) is 0 Å². The van der Waals surface area contributed by atoms with Gasteiger partial charge in [-0.05, 0) is 37.8 Å². The number of ether oxygens (including phenoxy) is 1. The molecule has 0 saturated heterocycles. The van der Waals surface area contributed by atoms with Crippen molar-refractivity contribution in [2.45, 2.75) is 64.1 Å². The number of amides is 4. The molecular weight excluding hydrogens is 472 g/mol. The summed E-state index contributed by atoms with van der Waals surface area (Å²) in [6.45, 7) is 3.87. The molecule has 0 aliphatic carbocycles. The molecule has 4 amide bonds. The number of non-ortho nitro benzene ring substituents is 1. The van der Waals surface area contributed by atoms with Gasteiger partial charge in [-0.2, -0.15) is 0 Å². The van der Waals surface area contributed by atoms with Crippen molar-refractivity contribution in [1.82, 2.24) is 16.0 Å². The van der Waals surface area contributed by atoms with Gasteiger partial charge in [0.15, 0.2) is 0 Å². The lowest BCUT2D eigenvalue weighted by atomic mass is 9.96. The third-order valence-corrected chi connectivity index (χ3v) is 6.10. The van der Waals surface area contributed by atoms with Crippen molar-refractivity contribution >= 4 is 29.3 Å². The molecule has 13 nitrogen and oxygen atoms in total. The predicted octanol–water partition coefficient (Wildman–Crippen LogP) is 0.106. The zero-order valence-corrected chi connectivity index (χ0v) is 20.5. The number of primary amides is 1. The fourth-order valence-corrected chi connectivity index (χ4v) is 3.72. The Hall–Kier alpha value is -3.74. The topological polar surface area (TPSA) is 209 Å². The van der Waals surface area contributed by atoms with Crippen LogP contribution in [-0.4, -0.2) is 59.8 Å². The number of benzene rings is 1. The maximum absolute atomic E-state index is 13.3. The van der Waals surface area contributed by atoms with Gasteiger partial charge in [0.25, 0.3) is 11.6 Å². The molecule has 0 radical (unpaired) electrons. The van der Waals surface area contributed by atoms with E-state index in [0.29, 0.717) is 25.8 Å². The van der Waals surface area contributed by atoms with Gasteiger partial charge in [0.2, 0.25) is 17.7 Å². The van der Waals surface area contributed by atoms with Crippen LogP contribution in [0.4, 0.5) is 5.69 Å². The highest BCUT2D eigenvalue weighted by Gasteiger charge is 2.32. The van der Waals surface area contributed by atoms with Gasteiger partial charge in [0, 0.05) is 18.6 Å². The lowest BCUT2D eigenvalue weighted by Gasteiger charge is -2.28. The third-order valence-electron chi connectivity index (χ3n) is 6.10. The maximum atomic E-state index is 13.3. The molecule has 1 heterocycles. The van der Waals surface area contributed by atoms with E-state index in [-0.39, 0.29) is 42.4 Å². The molecule has 0 unspecified atom stereocenters. The van der Waals surface area contributed by atoms with Gasteiger partial charge in [-0.1, -0.05) is 20.3 Å². The monoisotopic (exact) mass is 506 g/mol. The fourth-order valence-electron chi connectivity index (χ4n) is 3.72. The summed E-state index contributed by atoms with van der Waals surface area (Å²) in [6.07, 6.45) is 1.90. The molecule has 0 saturated carbocycles. The fraction of sp³-hybridized carbons (Fsp3) is 0.565. The van der Waals surface area contributed by atoms with E-state index in [1.54, 1.807) is 6.92 Å². The highest BCUT2D eigenvalue weighted by molar-refractivity contribution is 6.01. The molecule has 4 atom stereocenters. The average Bonchev–Trinajstić information content (AvgIpc) is 2.84.